The predicted molar refractivity (Wildman–Crippen MR) is 68.7 cm³/mol. The second-order valence-corrected chi connectivity index (χ2v) is 3.78. The molecule has 1 aromatic carbocycles. The molecule has 0 saturated heterocycles. The smallest absolute Gasteiger partial charge is 0.0722 e. The highest BCUT2D eigenvalue weighted by Gasteiger charge is 2.10. The molecule has 0 heterocycles. The molecular weight excluding hydrogens is 216 g/mol. The average molecular weight is 236 g/mol. The predicted octanol–water partition coefficient (Wildman–Crippen LogP) is 2.77. The lowest BCUT2D eigenvalue weighted by Gasteiger charge is -2.15. The number of methoxy groups -OCH3 is 3. The van der Waals surface area contributed by atoms with Crippen LogP contribution in [0.15, 0.2) is 18.7 Å². The molecule has 3 nitrogen and oxygen atoms in total. The van der Waals surface area contributed by atoms with E-state index in [1.807, 2.05) is 12.1 Å². The Labute approximate surface area is 103 Å². The number of hydrogen-bond acceptors (Lipinski definition) is 3. The summed E-state index contributed by atoms with van der Waals surface area (Å²) >= 11 is 0. The lowest BCUT2D eigenvalue weighted by Crippen LogP contribution is -2.04. The van der Waals surface area contributed by atoms with Crippen LogP contribution in [0.3, 0.4) is 0 Å². The van der Waals surface area contributed by atoms with E-state index in [1.165, 1.54) is 0 Å². The second kappa shape index (κ2) is 7.22. The number of hydrogen-bond donors (Lipinski definition) is 0. The minimum Gasteiger partial charge on any atom is -0.380 e. The summed E-state index contributed by atoms with van der Waals surface area (Å²) in [4.78, 5) is 0. The third kappa shape index (κ3) is 3.40. The van der Waals surface area contributed by atoms with Gasteiger partial charge < -0.3 is 14.2 Å². The summed E-state index contributed by atoms with van der Waals surface area (Å²) in [6.45, 7) is 5.57. The van der Waals surface area contributed by atoms with Crippen molar-refractivity contribution >= 4 is 6.08 Å². The van der Waals surface area contributed by atoms with Crippen molar-refractivity contribution in [3.8, 4) is 0 Å². The van der Waals surface area contributed by atoms with E-state index in [9.17, 15) is 0 Å². The molecule has 0 unspecified atom stereocenters. The highest BCUT2D eigenvalue weighted by molar-refractivity contribution is 5.58. The summed E-state index contributed by atoms with van der Waals surface area (Å²) in [7, 11) is 5.06. The van der Waals surface area contributed by atoms with Gasteiger partial charge in [-0.1, -0.05) is 24.8 Å². The third-order valence-corrected chi connectivity index (χ3v) is 2.64. The first-order valence-corrected chi connectivity index (χ1v) is 5.51. The Hall–Kier alpha value is -1.16. The Morgan fingerprint density at radius 1 is 0.941 bits per heavy atom. The van der Waals surface area contributed by atoms with Gasteiger partial charge in [0.2, 0.25) is 0 Å². The van der Waals surface area contributed by atoms with Crippen LogP contribution >= 0.6 is 0 Å². The van der Waals surface area contributed by atoms with E-state index in [4.69, 9.17) is 14.2 Å². The van der Waals surface area contributed by atoms with Crippen LogP contribution in [0.5, 0.6) is 0 Å². The molecule has 0 N–H and O–H groups in total. The van der Waals surface area contributed by atoms with E-state index in [1.54, 1.807) is 21.3 Å². The van der Waals surface area contributed by atoms with Crippen molar-refractivity contribution in [3.63, 3.8) is 0 Å². The van der Waals surface area contributed by atoms with Gasteiger partial charge in [-0.3, -0.25) is 0 Å². The van der Waals surface area contributed by atoms with E-state index < -0.39 is 0 Å². The second-order valence-electron chi connectivity index (χ2n) is 3.78. The molecule has 17 heavy (non-hydrogen) atoms. The summed E-state index contributed by atoms with van der Waals surface area (Å²) in [5.41, 5.74) is 4.46. The molecule has 0 aliphatic rings. The van der Waals surface area contributed by atoms with E-state index >= 15 is 0 Å². The molecule has 0 atom stereocenters. The minimum absolute atomic E-state index is 0.553. The highest BCUT2D eigenvalue weighted by Crippen LogP contribution is 2.23. The van der Waals surface area contributed by atoms with Gasteiger partial charge >= 0.3 is 0 Å². The maximum Gasteiger partial charge on any atom is 0.0722 e. The Morgan fingerprint density at radius 2 is 1.47 bits per heavy atom. The maximum absolute atomic E-state index is 5.25. The largest absolute Gasteiger partial charge is 0.380 e. The van der Waals surface area contributed by atoms with Crippen molar-refractivity contribution in [1.29, 1.82) is 0 Å². The van der Waals surface area contributed by atoms with E-state index in [-0.39, 0.29) is 0 Å². The molecule has 94 valence electrons. The van der Waals surface area contributed by atoms with E-state index in [2.05, 4.69) is 12.6 Å². The molecule has 1 aromatic rings. The van der Waals surface area contributed by atoms with Crippen LogP contribution in [-0.2, 0) is 34.0 Å². The molecular formula is C14H20O3. The Kier molecular flexibility index (Phi) is 5.91. The monoisotopic (exact) mass is 236 g/mol. The number of ether oxygens (including phenoxy) is 3. The van der Waals surface area contributed by atoms with Gasteiger partial charge in [0.1, 0.15) is 0 Å². The zero-order chi connectivity index (χ0) is 12.7. The Balaban J connectivity index is 3.22. The van der Waals surface area contributed by atoms with Crippen LogP contribution in [-0.4, -0.2) is 21.3 Å². The van der Waals surface area contributed by atoms with Crippen molar-refractivity contribution in [2.75, 3.05) is 21.3 Å². The van der Waals surface area contributed by atoms with E-state index in [0.29, 0.717) is 19.8 Å². The molecule has 0 saturated carbocycles. The highest BCUT2D eigenvalue weighted by atomic mass is 16.5. The summed E-state index contributed by atoms with van der Waals surface area (Å²) in [5.74, 6) is 0. The summed E-state index contributed by atoms with van der Waals surface area (Å²) in [6.07, 6.45) is 1.85. The molecule has 0 spiro atoms. The molecule has 0 amide bonds. The molecule has 0 aliphatic carbocycles. The Bertz CT molecular complexity index is 372. The maximum atomic E-state index is 5.25. The average Bonchev–Trinajstić information content (AvgIpc) is 2.33. The molecule has 0 bridgehead atoms. The summed E-state index contributed by atoms with van der Waals surface area (Å²) < 4.78 is 15.6. The SMILES string of the molecule is C=Cc1c(COC)ccc(COC)c1COC. The van der Waals surface area contributed by atoms with Gasteiger partial charge in [0, 0.05) is 21.3 Å². The van der Waals surface area contributed by atoms with Crippen molar-refractivity contribution in [1.82, 2.24) is 0 Å². The molecule has 3 heteroatoms. The molecule has 0 fully saturated rings. The molecule has 0 aromatic heterocycles. The van der Waals surface area contributed by atoms with Crippen LogP contribution in [0.25, 0.3) is 6.08 Å². The van der Waals surface area contributed by atoms with Crippen LogP contribution in [0.2, 0.25) is 0 Å². The van der Waals surface area contributed by atoms with E-state index in [0.717, 1.165) is 22.3 Å². The molecule has 1 rings (SSSR count). The van der Waals surface area contributed by atoms with Crippen LogP contribution in [0, 0.1) is 0 Å². The first kappa shape index (κ1) is 13.9. The zero-order valence-electron chi connectivity index (χ0n) is 10.8. The van der Waals surface area contributed by atoms with Gasteiger partial charge in [-0.05, 0) is 22.3 Å². The quantitative estimate of drug-likeness (QED) is 0.728. The normalized spacial score (nSPS) is 10.5. The fourth-order valence-corrected chi connectivity index (χ4v) is 1.90. The van der Waals surface area contributed by atoms with Gasteiger partial charge in [-0.15, -0.1) is 0 Å². The number of rotatable bonds is 7. The summed E-state index contributed by atoms with van der Waals surface area (Å²) in [6, 6.07) is 4.10. The van der Waals surface area contributed by atoms with Crippen molar-refractivity contribution in [2.24, 2.45) is 0 Å². The fourth-order valence-electron chi connectivity index (χ4n) is 1.90. The standard InChI is InChI=1S/C14H20O3/c1-5-13-11(8-15-2)6-7-12(9-16-3)14(13)10-17-4/h5-7H,1,8-10H2,2-4H3. The minimum atomic E-state index is 0.553. The lowest BCUT2D eigenvalue weighted by atomic mass is 9.96. The molecule has 0 radical (unpaired) electrons. The van der Waals surface area contributed by atoms with Crippen molar-refractivity contribution in [2.45, 2.75) is 19.8 Å². The lowest BCUT2D eigenvalue weighted by molar-refractivity contribution is 0.166. The summed E-state index contributed by atoms with van der Waals surface area (Å²) in [5, 5.41) is 0. The van der Waals surface area contributed by atoms with Gasteiger partial charge in [0.25, 0.3) is 0 Å². The first-order valence-electron chi connectivity index (χ1n) is 5.51. The zero-order valence-corrected chi connectivity index (χ0v) is 10.8. The van der Waals surface area contributed by atoms with Gasteiger partial charge in [0.05, 0.1) is 19.8 Å². The van der Waals surface area contributed by atoms with Gasteiger partial charge in [-0.25, -0.2) is 0 Å². The van der Waals surface area contributed by atoms with Crippen LogP contribution in [0.1, 0.15) is 22.3 Å². The Morgan fingerprint density at radius 3 is 2.00 bits per heavy atom. The van der Waals surface area contributed by atoms with Crippen LogP contribution < -0.4 is 0 Å². The van der Waals surface area contributed by atoms with Crippen molar-refractivity contribution in [3.05, 3.63) is 41.0 Å². The third-order valence-electron chi connectivity index (χ3n) is 2.64. The molecule has 0 aliphatic heterocycles. The van der Waals surface area contributed by atoms with Gasteiger partial charge in [0.15, 0.2) is 0 Å². The van der Waals surface area contributed by atoms with Crippen molar-refractivity contribution < 1.29 is 14.2 Å². The van der Waals surface area contributed by atoms with Crippen LogP contribution in [0.4, 0.5) is 0 Å². The topological polar surface area (TPSA) is 27.7 Å². The first-order chi connectivity index (χ1) is 8.28. The fraction of sp³-hybridized carbons (Fsp3) is 0.429. The number of benzene rings is 1. The van der Waals surface area contributed by atoms with Gasteiger partial charge in [-0.2, -0.15) is 0 Å².